The topological polar surface area (TPSA) is 75.5 Å². The third-order valence-electron chi connectivity index (χ3n) is 5.30. The minimum absolute atomic E-state index is 0.209. The smallest absolute Gasteiger partial charge is 0.475 e. The normalized spacial score (nSPS) is 24.1. The second kappa shape index (κ2) is 9.40. The van der Waals surface area contributed by atoms with Crippen LogP contribution >= 0.6 is 11.3 Å². The van der Waals surface area contributed by atoms with Gasteiger partial charge in [0.2, 0.25) is 0 Å². The number of hydrogen-bond acceptors (Lipinski definition) is 6. The maximum atomic E-state index is 10.6. The molecule has 2 aliphatic heterocycles. The first-order valence-corrected chi connectivity index (χ1v) is 10.5. The van der Waals surface area contributed by atoms with E-state index in [2.05, 4.69) is 29.8 Å². The first-order valence-electron chi connectivity index (χ1n) is 9.64. The highest BCUT2D eigenvalue weighted by Crippen LogP contribution is 2.42. The maximum Gasteiger partial charge on any atom is 0.490 e. The van der Waals surface area contributed by atoms with Gasteiger partial charge in [-0.25, -0.2) is 9.78 Å². The van der Waals surface area contributed by atoms with Crippen molar-refractivity contribution in [2.75, 3.05) is 13.1 Å². The predicted octanol–water partition coefficient (Wildman–Crippen LogP) is 4.14. The maximum absolute atomic E-state index is 10.6. The minimum Gasteiger partial charge on any atom is -0.475 e. The number of likely N-dealkylation sites (tertiary alicyclic amines) is 1. The molecule has 0 radical (unpaired) electrons. The highest BCUT2D eigenvalue weighted by atomic mass is 32.1. The van der Waals surface area contributed by atoms with E-state index in [1.54, 1.807) is 11.3 Å². The summed E-state index contributed by atoms with van der Waals surface area (Å²) in [6.07, 6.45) is 1.59. The summed E-state index contributed by atoms with van der Waals surface area (Å²) in [6.45, 7) is 7.47. The Balaban J connectivity index is 0.000000318. The highest BCUT2D eigenvalue weighted by Gasteiger charge is 2.40. The number of aryl methyl sites for hydroxylation is 2. The second-order valence-electron chi connectivity index (χ2n) is 7.54. The predicted molar refractivity (Wildman–Crippen MR) is 105 cm³/mol. The van der Waals surface area contributed by atoms with Gasteiger partial charge < -0.3 is 9.84 Å². The fourth-order valence-corrected chi connectivity index (χ4v) is 4.69. The lowest BCUT2D eigenvalue weighted by Gasteiger charge is -2.33. The van der Waals surface area contributed by atoms with Crippen molar-refractivity contribution in [1.82, 2.24) is 14.9 Å². The number of aliphatic carboxylic acids is 1. The molecule has 0 amide bonds. The third-order valence-corrected chi connectivity index (χ3v) is 6.46. The Morgan fingerprint density at radius 3 is 2.70 bits per heavy atom. The van der Waals surface area contributed by atoms with Crippen molar-refractivity contribution in [2.45, 2.75) is 51.6 Å². The minimum atomic E-state index is -5.08. The van der Waals surface area contributed by atoms with Crippen LogP contribution in [0.5, 0.6) is 0 Å². The molecule has 0 spiro atoms. The zero-order valence-electron chi connectivity index (χ0n) is 16.7. The molecule has 0 unspecified atom stereocenters. The van der Waals surface area contributed by atoms with E-state index >= 15 is 0 Å². The number of fused-ring (bicyclic) bond motifs is 1. The summed E-state index contributed by atoms with van der Waals surface area (Å²) in [5.41, 5.74) is 2.45. The van der Waals surface area contributed by atoms with Gasteiger partial charge in [0.15, 0.2) is 0 Å². The molecule has 1 N–H and O–H groups in total. The molecule has 2 fully saturated rings. The number of piperidine rings is 1. The summed E-state index contributed by atoms with van der Waals surface area (Å²) in [5, 5.41) is 8.30. The van der Waals surface area contributed by atoms with Gasteiger partial charge >= 0.3 is 12.1 Å². The summed E-state index contributed by atoms with van der Waals surface area (Å²) in [7, 11) is 0. The lowest BCUT2D eigenvalue weighted by atomic mass is 9.92. The summed E-state index contributed by atoms with van der Waals surface area (Å²) in [6, 6.07) is 4.18. The standard InChI is InChI=1S/C18H23N3OS.C2HF3O2/c1-12-13(2)23-18(20-12)17-8-15-11-21(7-5-16(15)22-17)10-14-4-3-6-19-9-14;3-2(4,5)1(6)7/h3-4,6,9,15-17H,5,7-8,10-11H2,1-2H3;(H,6,7)/t15-,16-,17+;/m0./s1. The fraction of sp³-hybridized carbons (Fsp3) is 0.550. The zero-order valence-corrected chi connectivity index (χ0v) is 17.5. The van der Waals surface area contributed by atoms with E-state index in [1.807, 2.05) is 18.5 Å². The van der Waals surface area contributed by atoms with Gasteiger partial charge in [0.25, 0.3) is 0 Å². The van der Waals surface area contributed by atoms with Crippen LogP contribution in [0, 0.1) is 19.8 Å². The first-order chi connectivity index (χ1) is 14.1. The van der Waals surface area contributed by atoms with Gasteiger partial charge in [-0.2, -0.15) is 13.2 Å². The monoisotopic (exact) mass is 443 g/mol. The number of nitrogens with zero attached hydrogens (tertiary/aromatic N) is 3. The molecule has 2 aliphatic rings. The van der Waals surface area contributed by atoms with Gasteiger partial charge in [0, 0.05) is 42.8 Å². The van der Waals surface area contributed by atoms with E-state index in [0.717, 1.165) is 38.2 Å². The van der Waals surface area contributed by atoms with Crippen molar-refractivity contribution in [3.63, 3.8) is 0 Å². The number of alkyl halides is 3. The quantitative estimate of drug-likeness (QED) is 0.769. The van der Waals surface area contributed by atoms with Crippen LogP contribution in [-0.2, 0) is 16.1 Å². The average molecular weight is 443 g/mol. The fourth-order valence-electron chi connectivity index (χ4n) is 3.72. The summed E-state index contributed by atoms with van der Waals surface area (Å²) < 4.78 is 38.1. The van der Waals surface area contributed by atoms with Crippen LogP contribution < -0.4 is 0 Å². The van der Waals surface area contributed by atoms with Gasteiger partial charge in [-0.1, -0.05) is 6.07 Å². The lowest BCUT2D eigenvalue weighted by molar-refractivity contribution is -0.192. The SMILES string of the molecule is Cc1nc([C@H]2C[C@H]3CN(Cc4cccnc4)CC[C@@H]3O2)sc1C.O=C(O)C(F)(F)F. The Kier molecular flexibility index (Phi) is 7.10. The molecule has 4 heterocycles. The van der Waals surface area contributed by atoms with E-state index in [9.17, 15) is 13.2 Å². The van der Waals surface area contributed by atoms with Gasteiger partial charge in [0.1, 0.15) is 11.1 Å². The number of pyridine rings is 1. The number of hydrogen-bond donors (Lipinski definition) is 1. The van der Waals surface area contributed by atoms with Crippen LogP contribution in [0.1, 0.15) is 40.1 Å². The molecule has 0 saturated carbocycles. The molecule has 2 aromatic heterocycles. The first kappa shape index (κ1) is 22.6. The Bertz CT molecular complexity index is 840. The molecule has 3 atom stereocenters. The summed E-state index contributed by atoms with van der Waals surface area (Å²) >= 11 is 1.80. The number of thiazole rings is 1. The van der Waals surface area contributed by atoms with Crippen LogP contribution in [0.15, 0.2) is 24.5 Å². The number of halogens is 3. The summed E-state index contributed by atoms with van der Waals surface area (Å²) in [4.78, 5) is 21.7. The van der Waals surface area contributed by atoms with E-state index in [1.165, 1.54) is 15.4 Å². The van der Waals surface area contributed by atoms with Crippen LogP contribution in [-0.4, -0.2) is 51.3 Å². The molecule has 10 heteroatoms. The molecule has 2 aromatic rings. The highest BCUT2D eigenvalue weighted by molar-refractivity contribution is 7.11. The van der Waals surface area contributed by atoms with Gasteiger partial charge in [0.05, 0.1) is 11.8 Å². The van der Waals surface area contributed by atoms with Gasteiger partial charge in [-0.15, -0.1) is 11.3 Å². The molecule has 164 valence electrons. The molecule has 30 heavy (non-hydrogen) atoms. The van der Waals surface area contributed by atoms with E-state index in [-0.39, 0.29) is 6.10 Å². The molecule has 2 saturated heterocycles. The van der Waals surface area contributed by atoms with Crippen LogP contribution in [0.2, 0.25) is 0 Å². The molecular formula is C20H24F3N3O3S. The molecule has 0 aromatic carbocycles. The largest absolute Gasteiger partial charge is 0.490 e. The van der Waals surface area contributed by atoms with Gasteiger partial charge in [-0.3, -0.25) is 9.88 Å². The number of carbonyl (C=O) groups is 1. The average Bonchev–Trinajstić information content (AvgIpc) is 3.25. The van der Waals surface area contributed by atoms with E-state index in [4.69, 9.17) is 19.6 Å². The lowest BCUT2D eigenvalue weighted by Crippen LogP contribution is -2.40. The van der Waals surface area contributed by atoms with Crippen LogP contribution in [0.25, 0.3) is 0 Å². The molecule has 0 aliphatic carbocycles. The van der Waals surface area contributed by atoms with Crippen molar-refractivity contribution < 1.29 is 27.8 Å². The van der Waals surface area contributed by atoms with Crippen molar-refractivity contribution in [3.8, 4) is 0 Å². The number of rotatable bonds is 3. The van der Waals surface area contributed by atoms with Crippen molar-refractivity contribution >= 4 is 17.3 Å². The van der Waals surface area contributed by atoms with Crippen LogP contribution in [0.3, 0.4) is 0 Å². The van der Waals surface area contributed by atoms with Crippen molar-refractivity contribution in [2.24, 2.45) is 5.92 Å². The Labute approximate surface area is 176 Å². The Morgan fingerprint density at radius 1 is 1.40 bits per heavy atom. The van der Waals surface area contributed by atoms with Gasteiger partial charge in [-0.05, 0) is 38.3 Å². The Morgan fingerprint density at radius 2 is 2.13 bits per heavy atom. The molecule has 4 rings (SSSR count). The molecular weight excluding hydrogens is 419 g/mol. The summed E-state index contributed by atoms with van der Waals surface area (Å²) in [5.74, 6) is -2.12. The van der Waals surface area contributed by atoms with E-state index in [0.29, 0.717) is 12.0 Å². The van der Waals surface area contributed by atoms with Crippen LogP contribution in [0.4, 0.5) is 13.2 Å². The second-order valence-corrected chi connectivity index (χ2v) is 8.78. The number of carboxylic acids is 1. The third kappa shape index (κ3) is 5.77. The number of carboxylic acid groups (broad SMARTS) is 1. The van der Waals surface area contributed by atoms with Crippen molar-refractivity contribution in [1.29, 1.82) is 0 Å². The molecule has 6 nitrogen and oxygen atoms in total. The number of aromatic nitrogens is 2. The van der Waals surface area contributed by atoms with E-state index < -0.39 is 12.1 Å². The van der Waals surface area contributed by atoms with Crippen molar-refractivity contribution in [3.05, 3.63) is 45.7 Å². The zero-order chi connectivity index (χ0) is 21.9. The molecule has 0 bridgehead atoms. The Hall–Kier alpha value is -2.04. The number of ether oxygens (including phenoxy) is 1.